The van der Waals surface area contributed by atoms with Crippen molar-refractivity contribution >= 4 is 16.9 Å². The maximum absolute atomic E-state index is 13.1. The van der Waals surface area contributed by atoms with E-state index in [1.807, 2.05) is 20.8 Å². The Morgan fingerprint density at radius 3 is 2.56 bits per heavy atom. The summed E-state index contributed by atoms with van der Waals surface area (Å²) in [5, 5.41) is 9.84. The van der Waals surface area contributed by atoms with Gasteiger partial charge >= 0.3 is 5.97 Å². The van der Waals surface area contributed by atoms with Crippen molar-refractivity contribution in [2.45, 2.75) is 26.2 Å². The number of aromatic carboxylic acids is 1. The second kappa shape index (κ2) is 4.05. The van der Waals surface area contributed by atoms with Crippen LogP contribution in [0.4, 0.5) is 4.39 Å². The van der Waals surface area contributed by atoms with E-state index < -0.39 is 11.8 Å². The Hall–Kier alpha value is -1.97. The lowest BCUT2D eigenvalue weighted by Gasteiger charge is -2.21. The summed E-state index contributed by atoms with van der Waals surface area (Å²) in [6.07, 6.45) is 1.52. The molecule has 18 heavy (non-hydrogen) atoms. The SMILES string of the molecule is CC(C)(C)c1cnc2cc(F)ccc2c1C(=O)O. The minimum Gasteiger partial charge on any atom is -0.478 e. The van der Waals surface area contributed by atoms with Crippen LogP contribution in [0.1, 0.15) is 36.7 Å². The molecular formula is C14H14FNO2. The Kier molecular flexibility index (Phi) is 2.81. The van der Waals surface area contributed by atoms with Crippen LogP contribution in [0.2, 0.25) is 0 Å². The summed E-state index contributed by atoms with van der Waals surface area (Å²) in [4.78, 5) is 15.6. The molecule has 1 N–H and O–H groups in total. The monoisotopic (exact) mass is 247 g/mol. The third-order valence-corrected chi connectivity index (χ3v) is 2.85. The van der Waals surface area contributed by atoms with E-state index >= 15 is 0 Å². The van der Waals surface area contributed by atoms with Gasteiger partial charge in [-0.25, -0.2) is 9.18 Å². The first-order valence-corrected chi connectivity index (χ1v) is 5.63. The molecule has 3 nitrogen and oxygen atoms in total. The molecule has 0 saturated heterocycles. The molecule has 0 amide bonds. The van der Waals surface area contributed by atoms with Gasteiger partial charge in [-0.2, -0.15) is 0 Å². The molecule has 4 heteroatoms. The van der Waals surface area contributed by atoms with Gasteiger partial charge in [0, 0.05) is 17.6 Å². The van der Waals surface area contributed by atoms with E-state index in [0.29, 0.717) is 16.5 Å². The van der Waals surface area contributed by atoms with Crippen LogP contribution >= 0.6 is 0 Å². The lowest BCUT2D eigenvalue weighted by molar-refractivity contribution is 0.0696. The maximum atomic E-state index is 13.1. The predicted molar refractivity (Wildman–Crippen MR) is 67.4 cm³/mol. The highest BCUT2D eigenvalue weighted by atomic mass is 19.1. The lowest BCUT2D eigenvalue weighted by atomic mass is 9.83. The normalized spacial score (nSPS) is 11.8. The number of fused-ring (bicyclic) bond motifs is 1. The number of pyridine rings is 1. The third-order valence-electron chi connectivity index (χ3n) is 2.85. The number of hydrogen-bond donors (Lipinski definition) is 1. The van der Waals surface area contributed by atoms with Crippen molar-refractivity contribution in [3.63, 3.8) is 0 Å². The van der Waals surface area contributed by atoms with Gasteiger partial charge in [-0.3, -0.25) is 4.98 Å². The van der Waals surface area contributed by atoms with Crippen LogP contribution in [-0.2, 0) is 5.41 Å². The summed E-state index contributed by atoms with van der Waals surface area (Å²) >= 11 is 0. The number of nitrogens with zero attached hydrogens (tertiary/aromatic N) is 1. The number of benzene rings is 1. The molecule has 0 saturated carbocycles. The van der Waals surface area contributed by atoms with Gasteiger partial charge in [0.25, 0.3) is 0 Å². The zero-order chi connectivity index (χ0) is 13.5. The summed E-state index contributed by atoms with van der Waals surface area (Å²) in [7, 11) is 0. The molecule has 0 aliphatic heterocycles. The average Bonchev–Trinajstić information content (AvgIpc) is 2.25. The standard InChI is InChI=1S/C14H14FNO2/c1-14(2,3)10-7-16-11-6-8(15)4-5-9(11)12(10)13(17)18/h4-7H,1-3H3,(H,17,18). The van der Waals surface area contributed by atoms with Crippen LogP contribution in [0.15, 0.2) is 24.4 Å². The Bertz CT molecular complexity index is 629. The fourth-order valence-corrected chi connectivity index (χ4v) is 1.97. The number of halogens is 1. The summed E-state index contributed by atoms with van der Waals surface area (Å²) < 4.78 is 13.1. The quantitative estimate of drug-likeness (QED) is 0.840. The number of carbonyl (C=O) groups is 1. The molecule has 0 radical (unpaired) electrons. The minimum atomic E-state index is -1.01. The third kappa shape index (κ3) is 2.06. The molecule has 0 fully saturated rings. The van der Waals surface area contributed by atoms with E-state index in [9.17, 15) is 14.3 Å². The Morgan fingerprint density at radius 2 is 2.00 bits per heavy atom. The summed E-state index contributed by atoms with van der Waals surface area (Å²) in [6, 6.07) is 3.97. The van der Waals surface area contributed by atoms with Crippen molar-refractivity contribution in [3.05, 3.63) is 41.3 Å². The number of rotatable bonds is 1. The molecule has 94 valence electrons. The van der Waals surface area contributed by atoms with Crippen LogP contribution in [0.25, 0.3) is 10.9 Å². The van der Waals surface area contributed by atoms with E-state index in [0.717, 1.165) is 0 Å². The highest BCUT2D eigenvalue weighted by Gasteiger charge is 2.24. The zero-order valence-electron chi connectivity index (χ0n) is 10.5. The molecule has 0 aliphatic carbocycles. The van der Waals surface area contributed by atoms with Gasteiger partial charge in [0.1, 0.15) is 5.82 Å². The fraction of sp³-hybridized carbons (Fsp3) is 0.286. The van der Waals surface area contributed by atoms with Crippen molar-refractivity contribution in [1.29, 1.82) is 0 Å². The van der Waals surface area contributed by atoms with Crippen LogP contribution in [0, 0.1) is 5.82 Å². The first kappa shape index (κ1) is 12.5. The van der Waals surface area contributed by atoms with Gasteiger partial charge in [0.2, 0.25) is 0 Å². The molecule has 0 atom stereocenters. The summed E-state index contributed by atoms with van der Waals surface area (Å²) in [5.41, 5.74) is 0.880. The minimum absolute atomic E-state index is 0.201. The molecule has 0 bridgehead atoms. The molecule has 1 aromatic carbocycles. The van der Waals surface area contributed by atoms with Crippen molar-refractivity contribution in [3.8, 4) is 0 Å². The van der Waals surface area contributed by atoms with Crippen molar-refractivity contribution in [2.24, 2.45) is 0 Å². The fourth-order valence-electron chi connectivity index (χ4n) is 1.97. The molecule has 2 rings (SSSR count). The zero-order valence-corrected chi connectivity index (χ0v) is 10.5. The Labute approximate surface area is 104 Å². The largest absolute Gasteiger partial charge is 0.478 e. The number of aromatic nitrogens is 1. The molecule has 1 aromatic heterocycles. The van der Waals surface area contributed by atoms with Gasteiger partial charge in [0.05, 0.1) is 11.1 Å². The summed E-state index contributed by atoms with van der Waals surface area (Å²) in [6.45, 7) is 5.77. The highest BCUT2D eigenvalue weighted by molar-refractivity contribution is 6.04. The van der Waals surface area contributed by atoms with E-state index in [1.165, 1.54) is 24.4 Å². The molecule has 1 heterocycles. The smallest absolute Gasteiger partial charge is 0.336 e. The van der Waals surface area contributed by atoms with Crippen molar-refractivity contribution in [1.82, 2.24) is 4.98 Å². The Balaban J connectivity index is 2.87. The first-order valence-electron chi connectivity index (χ1n) is 5.63. The van der Waals surface area contributed by atoms with Gasteiger partial charge in [0.15, 0.2) is 0 Å². The number of carboxylic acid groups (broad SMARTS) is 1. The van der Waals surface area contributed by atoms with E-state index in [1.54, 1.807) is 0 Å². The average molecular weight is 247 g/mol. The predicted octanol–water partition coefficient (Wildman–Crippen LogP) is 3.37. The van der Waals surface area contributed by atoms with Crippen LogP contribution in [0.3, 0.4) is 0 Å². The van der Waals surface area contributed by atoms with Crippen molar-refractivity contribution < 1.29 is 14.3 Å². The van der Waals surface area contributed by atoms with E-state index in [4.69, 9.17) is 0 Å². The molecule has 2 aromatic rings. The van der Waals surface area contributed by atoms with Gasteiger partial charge in [-0.15, -0.1) is 0 Å². The van der Waals surface area contributed by atoms with Crippen LogP contribution in [0.5, 0.6) is 0 Å². The van der Waals surface area contributed by atoms with Crippen LogP contribution < -0.4 is 0 Å². The molecule has 0 aliphatic rings. The second-order valence-corrected chi connectivity index (χ2v) is 5.26. The lowest BCUT2D eigenvalue weighted by Crippen LogP contribution is -2.18. The second-order valence-electron chi connectivity index (χ2n) is 5.26. The Morgan fingerprint density at radius 1 is 1.33 bits per heavy atom. The number of hydrogen-bond acceptors (Lipinski definition) is 2. The topological polar surface area (TPSA) is 50.2 Å². The van der Waals surface area contributed by atoms with Crippen LogP contribution in [-0.4, -0.2) is 16.1 Å². The number of carboxylic acids is 1. The first-order chi connectivity index (χ1) is 8.30. The molecular weight excluding hydrogens is 233 g/mol. The molecule has 0 unspecified atom stereocenters. The highest BCUT2D eigenvalue weighted by Crippen LogP contribution is 2.30. The molecule has 0 spiro atoms. The van der Waals surface area contributed by atoms with Gasteiger partial charge in [-0.05, 0) is 23.1 Å². The van der Waals surface area contributed by atoms with Crippen molar-refractivity contribution in [2.75, 3.05) is 0 Å². The maximum Gasteiger partial charge on any atom is 0.336 e. The summed E-state index contributed by atoms with van der Waals surface area (Å²) in [5.74, 6) is -1.44. The van der Waals surface area contributed by atoms with E-state index in [2.05, 4.69) is 4.98 Å². The van der Waals surface area contributed by atoms with E-state index in [-0.39, 0.29) is 11.0 Å². The van der Waals surface area contributed by atoms with Gasteiger partial charge < -0.3 is 5.11 Å². The van der Waals surface area contributed by atoms with Gasteiger partial charge in [-0.1, -0.05) is 20.8 Å².